The number of methoxy groups -OCH3 is 1. The number of carbonyl (C=O) groups excluding carboxylic acids is 1. The Morgan fingerprint density at radius 3 is 2.52 bits per heavy atom. The van der Waals surface area contributed by atoms with Crippen LogP contribution in [0.3, 0.4) is 0 Å². The Bertz CT molecular complexity index is 615. The van der Waals surface area contributed by atoms with Crippen molar-refractivity contribution in [1.82, 2.24) is 15.5 Å². The van der Waals surface area contributed by atoms with Crippen molar-refractivity contribution < 1.29 is 13.9 Å². The maximum absolute atomic E-state index is 13.0. The van der Waals surface area contributed by atoms with E-state index in [9.17, 15) is 9.18 Å². The van der Waals surface area contributed by atoms with Gasteiger partial charge in [-0.3, -0.25) is 9.79 Å². The number of piperazine rings is 1. The SMILES string of the molecule is CN=C(NCCC(=O)N1CCN(c2ccc(F)cc2)CC1)NC(C)COC. The van der Waals surface area contributed by atoms with E-state index in [0.717, 1.165) is 18.8 Å². The smallest absolute Gasteiger partial charge is 0.224 e. The maximum atomic E-state index is 13.0. The molecule has 1 atom stereocenters. The molecule has 8 heteroatoms. The number of halogens is 1. The topological polar surface area (TPSA) is 69.2 Å². The van der Waals surface area contributed by atoms with Crippen molar-refractivity contribution in [3.63, 3.8) is 0 Å². The fourth-order valence-corrected chi connectivity index (χ4v) is 3.03. The molecule has 0 radical (unpaired) electrons. The molecule has 2 N–H and O–H groups in total. The Hall–Kier alpha value is -2.35. The standard InChI is InChI=1S/C19H30FN5O2/c1-15(14-27-3)23-19(21-2)22-9-8-18(26)25-12-10-24(11-13-25)17-6-4-16(20)5-7-17/h4-7,15H,8-14H2,1-3H3,(H2,21,22,23). The van der Waals surface area contributed by atoms with Gasteiger partial charge in [-0.15, -0.1) is 0 Å². The summed E-state index contributed by atoms with van der Waals surface area (Å²) in [6.45, 7) is 5.96. The fourth-order valence-electron chi connectivity index (χ4n) is 3.03. The molecule has 1 aliphatic rings. The van der Waals surface area contributed by atoms with Gasteiger partial charge in [0.25, 0.3) is 0 Å². The highest BCUT2D eigenvalue weighted by molar-refractivity contribution is 5.81. The van der Waals surface area contributed by atoms with Gasteiger partial charge in [-0.05, 0) is 31.2 Å². The quantitative estimate of drug-likeness (QED) is 0.548. The Morgan fingerprint density at radius 2 is 1.93 bits per heavy atom. The lowest BCUT2D eigenvalue weighted by molar-refractivity contribution is -0.131. The van der Waals surface area contributed by atoms with Crippen LogP contribution in [0.15, 0.2) is 29.3 Å². The first-order valence-electron chi connectivity index (χ1n) is 9.28. The van der Waals surface area contributed by atoms with Gasteiger partial charge in [0.1, 0.15) is 5.82 Å². The summed E-state index contributed by atoms with van der Waals surface area (Å²) in [5.41, 5.74) is 0.991. The predicted molar refractivity (Wildman–Crippen MR) is 106 cm³/mol. The fraction of sp³-hybridized carbons (Fsp3) is 0.579. The second-order valence-corrected chi connectivity index (χ2v) is 6.59. The molecule has 27 heavy (non-hydrogen) atoms. The molecule has 0 aromatic heterocycles. The zero-order valence-corrected chi connectivity index (χ0v) is 16.4. The molecule has 1 aromatic carbocycles. The average Bonchev–Trinajstić information content (AvgIpc) is 2.68. The second-order valence-electron chi connectivity index (χ2n) is 6.59. The molecule has 1 fully saturated rings. The number of nitrogens with one attached hydrogen (secondary N) is 2. The molecular formula is C19H30FN5O2. The zero-order valence-electron chi connectivity index (χ0n) is 16.4. The largest absolute Gasteiger partial charge is 0.383 e. The molecule has 150 valence electrons. The number of carbonyl (C=O) groups is 1. The molecule has 1 aliphatic heterocycles. The number of anilines is 1. The van der Waals surface area contributed by atoms with Gasteiger partial charge in [0.05, 0.1) is 6.61 Å². The number of aliphatic imine (C=N–C) groups is 1. The molecule has 0 saturated carbocycles. The van der Waals surface area contributed by atoms with Gasteiger partial charge in [0, 0.05) is 65.0 Å². The highest BCUT2D eigenvalue weighted by Crippen LogP contribution is 2.17. The number of hydrogen-bond acceptors (Lipinski definition) is 4. The first kappa shape index (κ1) is 21.0. The van der Waals surface area contributed by atoms with Gasteiger partial charge < -0.3 is 25.2 Å². The summed E-state index contributed by atoms with van der Waals surface area (Å²) >= 11 is 0. The van der Waals surface area contributed by atoms with Gasteiger partial charge in [0.2, 0.25) is 5.91 Å². The predicted octanol–water partition coefficient (Wildman–Crippen LogP) is 1.06. The summed E-state index contributed by atoms with van der Waals surface area (Å²) < 4.78 is 18.1. The van der Waals surface area contributed by atoms with Crippen LogP contribution in [-0.4, -0.2) is 76.3 Å². The van der Waals surface area contributed by atoms with Gasteiger partial charge in [-0.1, -0.05) is 0 Å². The van der Waals surface area contributed by atoms with E-state index in [4.69, 9.17) is 4.74 Å². The first-order chi connectivity index (χ1) is 13.0. The lowest BCUT2D eigenvalue weighted by atomic mass is 10.2. The summed E-state index contributed by atoms with van der Waals surface area (Å²) in [6.07, 6.45) is 0.413. The molecule has 1 unspecified atom stereocenters. The van der Waals surface area contributed by atoms with Crippen molar-refractivity contribution in [2.45, 2.75) is 19.4 Å². The van der Waals surface area contributed by atoms with E-state index in [2.05, 4.69) is 20.5 Å². The second kappa shape index (κ2) is 10.7. The van der Waals surface area contributed by atoms with Crippen LogP contribution in [0.25, 0.3) is 0 Å². The number of rotatable bonds is 7. The van der Waals surface area contributed by atoms with Gasteiger partial charge >= 0.3 is 0 Å². The monoisotopic (exact) mass is 379 g/mol. The van der Waals surface area contributed by atoms with E-state index in [1.54, 1.807) is 26.3 Å². The van der Waals surface area contributed by atoms with E-state index in [0.29, 0.717) is 38.6 Å². The minimum absolute atomic E-state index is 0.127. The molecule has 1 amide bonds. The van der Waals surface area contributed by atoms with Gasteiger partial charge in [0.15, 0.2) is 5.96 Å². The third-order valence-electron chi connectivity index (χ3n) is 4.48. The lowest BCUT2D eigenvalue weighted by Gasteiger charge is -2.36. The summed E-state index contributed by atoms with van der Waals surface area (Å²) in [5.74, 6) is 0.552. The lowest BCUT2D eigenvalue weighted by Crippen LogP contribution is -2.50. The Balaban J connectivity index is 1.70. The normalized spacial score (nSPS) is 16.2. The highest BCUT2D eigenvalue weighted by Gasteiger charge is 2.21. The maximum Gasteiger partial charge on any atom is 0.224 e. The van der Waals surface area contributed by atoms with Crippen LogP contribution in [0.5, 0.6) is 0 Å². The van der Waals surface area contributed by atoms with Crippen molar-refractivity contribution in [1.29, 1.82) is 0 Å². The third-order valence-corrected chi connectivity index (χ3v) is 4.48. The number of benzene rings is 1. The minimum Gasteiger partial charge on any atom is -0.383 e. The summed E-state index contributed by atoms with van der Waals surface area (Å²) in [4.78, 5) is 20.6. The first-order valence-corrected chi connectivity index (χ1v) is 9.28. The Kier molecular flexibility index (Phi) is 8.32. The number of amides is 1. The van der Waals surface area contributed by atoms with Crippen LogP contribution in [-0.2, 0) is 9.53 Å². The van der Waals surface area contributed by atoms with Crippen LogP contribution in [0.4, 0.5) is 10.1 Å². The summed E-state index contributed by atoms with van der Waals surface area (Å²) in [6, 6.07) is 6.62. The van der Waals surface area contributed by atoms with Crippen LogP contribution in [0, 0.1) is 5.82 Å². The van der Waals surface area contributed by atoms with Crippen LogP contribution in [0.1, 0.15) is 13.3 Å². The molecule has 7 nitrogen and oxygen atoms in total. The summed E-state index contributed by atoms with van der Waals surface area (Å²) in [7, 11) is 3.36. The molecule has 1 saturated heterocycles. The average molecular weight is 379 g/mol. The number of hydrogen-bond donors (Lipinski definition) is 2. The number of nitrogens with zero attached hydrogens (tertiary/aromatic N) is 3. The number of guanidine groups is 1. The molecular weight excluding hydrogens is 349 g/mol. The molecule has 0 bridgehead atoms. The van der Waals surface area contributed by atoms with Crippen LogP contribution in [0.2, 0.25) is 0 Å². The Morgan fingerprint density at radius 1 is 1.26 bits per heavy atom. The molecule has 0 spiro atoms. The van der Waals surface area contributed by atoms with Gasteiger partial charge in [-0.25, -0.2) is 4.39 Å². The van der Waals surface area contributed by atoms with Crippen molar-refractivity contribution in [3.05, 3.63) is 30.1 Å². The van der Waals surface area contributed by atoms with Crippen molar-refractivity contribution in [2.24, 2.45) is 4.99 Å². The summed E-state index contributed by atoms with van der Waals surface area (Å²) in [5, 5.41) is 6.36. The Labute approximate surface area is 160 Å². The van der Waals surface area contributed by atoms with Crippen molar-refractivity contribution in [3.8, 4) is 0 Å². The van der Waals surface area contributed by atoms with Crippen molar-refractivity contribution in [2.75, 3.05) is 58.4 Å². The molecule has 0 aliphatic carbocycles. The van der Waals surface area contributed by atoms with E-state index >= 15 is 0 Å². The van der Waals surface area contributed by atoms with E-state index in [1.165, 1.54) is 12.1 Å². The van der Waals surface area contributed by atoms with E-state index < -0.39 is 0 Å². The number of ether oxygens (including phenoxy) is 1. The molecule has 1 aromatic rings. The minimum atomic E-state index is -0.235. The van der Waals surface area contributed by atoms with E-state index in [1.807, 2.05) is 11.8 Å². The van der Waals surface area contributed by atoms with Crippen molar-refractivity contribution >= 4 is 17.6 Å². The zero-order chi connectivity index (χ0) is 19.6. The van der Waals surface area contributed by atoms with E-state index in [-0.39, 0.29) is 17.8 Å². The van der Waals surface area contributed by atoms with Crippen LogP contribution < -0.4 is 15.5 Å². The van der Waals surface area contributed by atoms with Gasteiger partial charge in [-0.2, -0.15) is 0 Å². The third kappa shape index (κ3) is 6.71. The molecule has 1 heterocycles. The van der Waals surface area contributed by atoms with Crippen LogP contribution >= 0.6 is 0 Å². The highest BCUT2D eigenvalue weighted by atomic mass is 19.1. The molecule has 2 rings (SSSR count).